The summed E-state index contributed by atoms with van der Waals surface area (Å²) in [5.41, 5.74) is 1.19. The zero-order chi connectivity index (χ0) is 15.4. The van der Waals surface area contributed by atoms with Crippen molar-refractivity contribution in [3.05, 3.63) is 58.1 Å². The molecule has 0 aliphatic rings. The molecule has 0 aliphatic carbocycles. The lowest BCUT2D eigenvalue weighted by Crippen LogP contribution is -2.07. The van der Waals surface area contributed by atoms with Crippen LogP contribution in [0.4, 0.5) is 0 Å². The molecule has 0 unspecified atom stereocenters. The average molecular weight is 349 g/mol. The van der Waals surface area contributed by atoms with Crippen molar-refractivity contribution in [1.29, 1.82) is 0 Å². The molecule has 0 heterocycles. The lowest BCUT2D eigenvalue weighted by atomic mass is 10.0. The van der Waals surface area contributed by atoms with Gasteiger partial charge in [-0.25, -0.2) is 0 Å². The zero-order valence-electron chi connectivity index (χ0n) is 12.2. The van der Waals surface area contributed by atoms with Gasteiger partial charge in [0.2, 0.25) is 0 Å². The second-order valence-corrected chi connectivity index (χ2v) is 5.72. The molecule has 0 spiro atoms. The molecule has 0 radical (unpaired) electrons. The molecule has 4 heteroatoms. The van der Waals surface area contributed by atoms with Gasteiger partial charge in [-0.3, -0.25) is 4.79 Å². The molecule has 0 bridgehead atoms. The highest BCUT2D eigenvalue weighted by atomic mass is 79.9. The third kappa shape index (κ3) is 3.85. The van der Waals surface area contributed by atoms with E-state index in [1.165, 1.54) is 0 Å². The van der Waals surface area contributed by atoms with Crippen LogP contribution in [0.5, 0.6) is 11.5 Å². The molecule has 0 fully saturated rings. The number of carbonyl (C=O) groups is 1. The van der Waals surface area contributed by atoms with Crippen LogP contribution < -0.4 is 9.47 Å². The van der Waals surface area contributed by atoms with Crippen molar-refractivity contribution in [1.82, 2.24) is 0 Å². The minimum absolute atomic E-state index is 0.0567. The predicted octanol–water partition coefficient (Wildman–Crippen LogP) is 4.48. The number of hydrogen-bond acceptors (Lipinski definition) is 3. The summed E-state index contributed by atoms with van der Waals surface area (Å²) in [4.78, 5) is 12.6. The standard InChI is InChI=1S/C17H17BrO3/c1-11(2)21-14-6-4-5-12(9-14)17(19)15-8-7-13(20-3)10-16(15)18/h4-11H,1-3H3. The van der Waals surface area contributed by atoms with E-state index < -0.39 is 0 Å². The normalized spacial score (nSPS) is 10.5. The van der Waals surface area contributed by atoms with Crippen LogP contribution in [0, 0.1) is 0 Å². The van der Waals surface area contributed by atoms with Gasteiger partial charge in [0.1, 0.15) is 11.5 Å². The van der Waals surface area contributed by atoms with Crippen LogP contribution in [-0.4, -0.2) is 19.0 Å². The van der Waals surface area contributed by atoms with Gasteiger partial charge >= 0.3 is 0 Å². The highest BCUT2D eigenvalue weighted by Gasteiger charge is 2.14. The van der Waals surface area contributed by atoms with Crippen molar-refractivity contribution in [2.45, 2.75) is 20.0 Å². The first-order valence-electron chi connectivity index (χ1n) is 6.66. The van der Waals surface area contributed by atoms with Gasteiger partial charge in [0.25, 0.3) is 0 Å². The maximum absolute atomic E-state index is 12.6. The number of methoxy groups -OCH3 is 1. The van der Waals surface area contributed by atoms with Crippen molar-refractivity contribution in [2.75, 3.05) is 7.11 Å². The van der Waals surface area contributed by atoms with Gasteiger partial charge in [-0.2, -0.15) is 0 Å². The zero-order valence-corrected chi connectivity index (χ0v) is 13.8. The van der Waals surface area contributed by atoms with Crippen LogP contribution in [-0.2, 0) is 0 Å². The smallest absolute Gasteiger partial charge is 0.194 e. The second kappa shape index (κ2) is 6.76. The summed E-state index contributed by atoms with van der Waals surface area (Å²) in [7, 11) is 1.59. The molecule has 0 saturated carbocycles. The van der Waals surface area contributed by atoms with E-state index in [-0.39, 0.29) is 11.9 Å². The largest absolute Gasteiger partial charge is 0.497 e. The summed E-state index contributed by atoms with van der Waals surface area (Å²) in [6.07, 6.45) is 0.0723. The SMILES string of the molecule is COc1ccc(C(=O)c2cccc(OC(C)C)c2)c(Br)c1. The number of carbonyl (C=O) groups excluding carboxylic acids is 1. The topological polar surface area (TPSA) is 35.5 Å². The van der Waals surface area contributed by atoms with Crippen molar-refractivity contribution in [3.8, 4) is 11.5 Å². The molecule has 0 amide bonds. The van der Waals surface area contributed by atoms with Crippen molar-refractivity contribution >= 4 is 21.7 Å². The Labute approximate surface area is 133 Å². The first-order valence-corrected chi connectivity index (χ1v) is 7.45. The fraction of sp³-hybridized carbons (Fsp3) is 0.235. The van der Waals surface area contributed by atoms with Crippen LogP contribution in [0.25, 0.3) is 0 Å². The molecule has 0 N–H and O–H groups in total. The summed E-state index contributed by atoms with van der Waals surface area (Å²) < 4.78 is 11.5. The molecule has 2 rings (SSSR count). The first-order chi connectivity index (χ1) is 10.0. The Bertz CT molecular complexity index is 650. The maximum atomic E-state index is 12.6. The first kappa shape index (κ1) is 15.6. The van der Waals surface area contributed by atoms with Gasteiger partial charge in [0.05, 0.1) is 13.2 Å². The number of benzene rings is 2. The highest BCUT2D eigenvalue weighted by molar-refractivity contribution is 9.10. The van der Waals surface area contributed by atoms with E-state index in [0.717, 1.165) is 0 Å². The Morgan fingerprint density at radius 1 is 1.10 bits per heavy atom. The van der Waals surface area contributed by atoms with Gasteiger partial charge in [-0.05, 0) is 60.1 Å². The fourth-order valence-corrected chi connectivity index (χ4v) is 2.48. The number of rotatable bonds is 5. The van der Waals surface area contributed by atoms with Crippen LogP contribution in [0.2, 0.25) is 0 Å². The second-order valence-electron chi connectivity index (χ2n) is 4.87. The molecule has 0 aromatic heterocycles. The molecule has 0 aliphatic heterocycles. The van der Waals surface area contributed by atoms with Gasteiger partial charge in [0.15, 0.2) is 5.78 Å². The monoisotopic (exact) mass is 348 g/mol. The average Bonchev–Trinajstić information content (AvgIpc) is 2.46. The van der Waals surface area contributed by atoms with Gasteiger partial charge in [-0.15, -0.1) is 0 Å². The van der Waals surface area contributed by atoms with Crippen LogP contribution >= 0.6 is 15.9 Å². The number of ketones is 1. The third-order valence-corrected chi connectivity index (χ3v) is 3.54. The minimum Gasteiger partial charge on any atom is -0.497 e. The summed E-state index contributed by atoms with van der Waals surface area (Å²) in [6, 6.07) is 12.5. The maximum Gasteiger partial charge on any atom is 0.194 e. The molecule has 21 heavy (non-hydrogen) atoms. The van der Waals surface area contributed by atoms with Crippen molar-refractivity contribution in [2.24, 2.45) is 0 Å². The lowest BCUT2D eigenvalue weighted by molar-refractivity contribution is 0.103. The molecule has 2 aromatic rings. The third-order valence-electron chi connectivity index (χ3n) is 2.89. The summed E-state index contributed by atoms with van der Waals surface area (Å²) >= 11 is 3.41. The number of ether oxygens (including phenoxy) is 2. The molecular weight excluding hydrogens is 332 g/mol. The van der Waals surface area contributed by atoms with E-state index in [1.54, 1.807) is 37.4 Å². The Hall–Kier alpha value is -1.81. The van der Waals surface area contributed by atoms with E-state index in [0.29, 0.717) is 27.1 Å². The Morgan fingerprint density at radius 2 is 1.86 bits per heavy atom. The van der Waals surface area contributed by atoms with E-state index in [1.807, 2.05) is 26.0 Å². The van der Waals surface area contributed by atoms with Crippen molar-refractivity contribution in [3.63, 3.8) is 0 Å². The summed E-state index contributed by atoms with van der Waals surface area (Å²) in [6.45, 7) is 3.91. The Kier molecular flexibility index (Phi) is 5.02. The van der Waals surface area contributed by atoms with E-state index in [4.69, 9.17) is 9.47 Å². The molecule has 0 atom stereocenters. The van der Waals surface area contributed by atoms with E-state index in [9.17, 15) is 4.79 Å². The summed E-state index contributed by atoms with van der Waals surface area (Å²) in [5.74, 6) is 1.34. The van der Waals surface area contributed by atoms with E-state index >= 15 is 0 Å². The fourth-order valence-electron chi connectivity index (χ4n) is 1.95. The Balaban J connectivity index is 2.31. The number of hydrogen-bond donors (Lipinski definition) is 0. The molecule has 110 valence electrons. The van der Waals surface area contributed by atoms with Crippen LogP contribution in [0.15, 0.2) is 46.9 Å². The summed E-state index contributed by atoms with van der Waals surface area (Å²) in [5, 5.41) is 0. The molecule has 0 saturated heterocycles. The number of halogens is 1. The lowest BCUT2D eigenvalue weighted by Gasteiger charge is -2.11. The molecule has 2 aromatic carbocycles. The molecule has 3 nitrogen and oxygen atoms in total. The predicted molar refractivity (Wildman–Crippen MR) is 86.3 cm³/mol. The Morgan fingerprint density at radius 3 is 2.48 bits per heavy atom. The highest BCUT2D eigenvalue weighted by Crippen LogP contribution is 2.26. The van der Waals surface area contributed by atoms with Crippen LogP contribution in [0.1, 0.15) is 29.8 Å². The van der Waals surface area contributed by atoms with Gasteiger partial charge in [0, 0.05) is 15.6 Å². The van der Waals surface area contributed by atoms with E-state index in [2.05, 4.69) is 15.9 Å². The molecular formula is C17H17BrO3. The van der Waals surface area contributed by atoms with Gasteiger partial charge in [-0.1, -0.05) is 12.1 Å². The van der Waals surface area contributed by atoms with Crippen LogP contribution in [0.3, 0.4) is 0 Å². The minimum atomic E-state index is -0.0567. The van der Waals surface area contributed by atoms with Crippen molar-refractivity contribution < 1.29 is 14.3 Å². The quantitative estimate of drug-likeness (QED) is 0.747. The van der Waals surface area contributed by atoms with Gasteiger partial charge < -0.3 is 9.47 Å².